The van der Waals surface area contributed by atoms with E-state index >= 15 is 0 Å². The Hall–Kier alpha value is 0.526. The van der Waals surface area contributed by atoms with Gasteiger partial charge in [-0.25, -0.2) is 0 Å². The van der Waals surface area contributed by atoms with E-state index in [1.54, 1.807) is 0 Å². The molecule has 0 aliphatic rings. The Bertz CT molecular complexity index is 29.9. The second-order valence-electron chi connectivity index (χ2n) is 0.224. The Balaban J connectivity index is 0. The van der Waals surface area contributed by atoms with Crippen molar-refractivity contribution in [1.29, 1.82) is 0 Å². The maximum absolute atomic E-state index is 8.48. The molecule has 0 saturated carbocycles. The summed E-state index contributed by atoms with van der Waals surface area (Å²) in [6, 6.07) is 0. The molecule has 0 unspecified atom stereocenters. The zero-order valence-corrected chi connectivity index (χ0v) is 3.94. The fourth-order valence-corrected chi connectivity index (χ4v) is 0. The minimum absolute atomic E-state index is 0. The van der Waals surface area contributed by atoms with Crippen LogP contribution >= 0.6 is 8.25 Å². The van der Waals surface area contributed by atoms with E-state index in [9.17, 15) is 0 Å². The monoisotopic (exact) mass is 138 g/mol. The first-order chi connectivity index (χ1) is 1.73. The van der Waals surface area contributed by atoms with Gasteiger partial charge in [0.05, 0.1) is 0 Å². The third-order valence-corrected chi connectivity index (χ3v) is 0. The molecule has 0 fully saturated rings. The van der Waals surface area contributed by atoms with Crippen LogP contribution in [0.1, 0.15) is 0 Å². The minimum atomic E-state index is -3.37. The molecule has 0 aliphatic carbocycles. The number of hydrogen-bond acceptors (Lipinski definition) is 3. The van der Waals surface area contributed by atoms with E-state index in [2.05, 4.69) is 0 Å². The van der Waals surface area contributed by atoms with Gasteiger partial charge >= 0.3 is 16.8 Å². The summed E-state index contributed by atoms with van der Waals surface area (Å²) in [6.07, 6.45) is 0. The van der Waals surface area contributed by atoms with Gasteiger partial charge in [0, 0.05) is 0 Å². The van der Waals surface area contributed by atoms with E-state index in [-0.39, 0.29) is 16.8 Å². The number of rotatable bonds is 0. The van der Waals surface area contributed by atoms with Crippen molar-refractivity contribution in [1.82, 2.24) is 0 Å². The van der Waals surface area contributed by atoms with E-state index < -0.39 is 8.25 Å². The van der Waals surface area contributed by atoms with Crippen molar-refractivity contribution in [2.45, 2.75) is 0 Å². The van der Waals surface area contributed by atoms with Crippen LogP contribution in [0.4, 0.5) is 0 Å². The molecule has 0 amide bonds. The summed E-state index contributed by atoms with van der Waals surface area (Å²) < 4.78 is 8.48. The number of hydrogen-bond donors (Lipinski definition) is 0. The molecule has 3 nitrogen and oxygen atoms in total. The van der Waals surface area contributed by atoms with Gasteiger partial charge in [-0.15, -0.1) is 0 Å². The zero-order chi connectivity index (χ0) is 3.58. The van der Waals surface area contributed by atoms with Gasteiger partial charge in [0.1, 0.15) is 0 Å². The van der Waals surface area contributed by atoms with Gasteiger partial charge in [0.15, 0.2) is 0 Å². The normalized spacial score (nSPS) is 5.20. The van der Waals surface area contributed by atoms with Crippen LogP contribution in [0.25, 0.3) is 0 Å². The zero-order valence-electron chi connectivity index (χ0n) is 2.01. The second kappa shape index (κ2) is 4.53. The van der Waals surface area contributed by atoms with Crippen LogP contribution in [0.2, 0.25) is 0 Å². The SMILES string of the molecule is O=[P+]([O-])[O-].[Co+2]. The molecule has 5 heteroatoms. The van der Waals surface area contributed by atoms with E-state index in [0.29, 0.717) is 0 Å². The molecule has 0 heterocycles. The molecule has 0 saturated heterocycles. The van der Waals surface area contributed by atoms with E-state index in [1.165, 1.54) is 0 Å². The molecule has 31 valence electrons. The van der Waals surface area contributed by atoms with Gasteiger partial charge < -0.3 is 9.79 Å². The molecule has 0 aromatic rings. The molecule has 5 heavy (non-hydrogen) atoms. The Labute approximate surface area is 40.2 Å². The average Bonchev–Trinajstić information content (AvgIpc) is 0.811. The summed E-state index contributed by atoms with van der Waals surface area (Å²) in [6.45, 7) is 0. The van der Waals surface area contributed by atoms with Gasteiger partial charge in [0.2, 0.25) is 0 Å². The molecule has 0 atom stereocenters. The topological polar surface area (TPSA) is 63.2 Å². The summed E-state index contributed by atoms with van der Waals surface area (Å²) in [7, 11) is -3.37. The summed E-state index contributed by atoms with van der Waals surface area (Å²) in [4.78, 5) is 17.0. The van der Waals surface area contributed by atoms with Gasteiger partial charge in [-0.3, -0.25) is 0 Å². The molecule has 0 aromatic carbocycles. The molecule has 0 bridgehead atoms. The summed E-state index contributed by atoms with van der Waals surface area (Å²) in [5.41, 5.74) is 0. The molecule has 0 rings (SSSR count). The molecule has 0 aromatic heterocycles. The quantitative estimate of drug-likeness (QED) is 0.377. The predicted molar refractivity (Wildman–Crippen MR) is 7.61 cm³/mol. The van der Waals surface area contributed by atoms with Crippen molar-refractivity contribution >= 4 is 8.25 Å². The van der Waals surface area contributed by atoms with Crippen molar-refractivity contribution in [3.05, 3.63) is 0 Å². The van der Waals surface area contributed by atoms with Crippen LogP contribution in [-0.2, 0) is 21.3 Å². The van der Waals surface area contributed by atoms with Gasteiger partial charge in [-0.2, -0.15) is 0 Å². The van der Waals surface area contributed by atoms with Crippen molar-refractivity contribution in [3.8, 4) is 0 Å². The molecular weight excluding hydrogens is 138 g/mol. The first-order valence-electron chi connectivity index (χ1n) is 0.548. The van der Waals surface area contributed by atoms with Gasteiger partial charge in [-0.1, -0.05) is 4.57 Å². The molecular formula is CoO3P+. The Morgan fingerprint density at radius 1 is 1.40 bits per heavy atom. The molecule has 1 radical (unpaired) electrons. The largest absolute Gasteiger partial charge is 2.00 e. The van der Waals surface area contributed by atoms with Crippen LogP contribution < -0.4 is 9.79 Å². The fraction of sp³-hybridized carbons (Fsp3) is 0. The van der Waals surface area contributed by atoms with Crippen LogP contribution in [-0.4, -0.2) is 0 Å². The van der Waals surface area contributed by atoms with Crippen LogP contribution in [0.15, 0.2) is 0 Å². The first kappa shape index (κ1) is 9.11. The summed E-state index contributed by atoms with van der Waals surface area (Å²) in [5, 5.41) is 0. The van der Waals surface area contributed by atoms with E-state index in [1.807, 2.05) is 0 Å². The first-order valence-corrected chi connectivity index (χ1v) is 1.64. The van der Waals surface area contributed by atoms with E-state index in [0.717, 1.165) is 0 Å². The van der Waals surface area contributed by atoms with Crippen molar-refractivity contribution < 1.29 is 31.1 Å². The van der Waals surface area contributed by atoms with Crippen molar-refractivity contribution in [2.75, 3.05) is 0 Å². The predicted octanol–water partition coefficient (Wildman–Crippen LogP) is -1.64. The van der Waals surface area contributed by atoms with Crippen LogP contribution in [0, 0.1) is 0 Å². The van der Waals surface area contributed by atoms with Crippen molar-refractivity contribution in [2.24, 2.45) is 0 Å². The third kappa shape index (κ3) is 104. The Morgan fingerprint density at radius 3 is 1.40 bits per heavy atom. The standard InChI is InChI=1S/Co.HO3P/c;1-4(2)3/h;(H,1,2,3)/q+2;/p-1. The molecule has 0 N–H and O–H groups in total. The maximum atomic E-state index is 8.48. The Kier molecular flexibility index (Phi) is 8.24. The molecule has 0 spiro atoms. The summed E-state index contributed by atoms with van der Waals surface area (Å²) >= 11 is 0. The summed E-state index contributed by atoms with van der Waals surface area (Å²) in [5.74, 6) is 0. The van der Waals surface area contributed by atoms with Crippen LogP contribution in [0.3, 0.4) is 0 Å². The van der Waals surface area contributed by atoms with Crippen LogP contribution in [0.5, 0.6) is 0 Å². The average molecular weight is 138 g/mol. The maximum Gasteiger partial charge on any atom is 2.00 e. The Morgan fingerprint density at radius 2 is 1.40 bits per heavy atom. The van der Waals surface area contributed by atoms with Crippen molar-refractivity contribution in [3.63, 3.8) is 0 Å². The minimum Gasteiger partial charge on any atom is -0.598 e. The molecule has 0 aliphatic heterocycles. The third-order valence-electron chi connectivity index (χ3n) is 0. The van der Waals surface area contributed by atoms with E-state index in [4.69, 9.17) is 14.4 Å². The van der Waals surface area contributed by atoms with Gasteiger partial charge in [-0.05, 0) is 0 Å². The fourth-order valence-electron chi connectivity index (χ4n) is 0. The van der Waals surface area contributed by atoms with Gasteiger partial charge in [0.25, 0.3) is 8.25 Å². The second-order valence-corrected chi connectivity index (χ2v) is 0.671. The smallest absolute Gasteiger partial charge is 0.598 e.